The zero-order valence-electron chi connectivity index (χ0n) is 16.3. The summed E-state index contributed by atoms with van der Waals surface area (Å²) in [6.45, 7) is 3.13. The van der Waals surface area contributed by atoms with Crippen LogP contribution in [0.5, 0.6) is 5.75 Å². The highest BCUT2D eigenvalue weighted by Gasteiger charge is 2.48. The Labute approximate surface area is 168 Å². The second-order valence-electron chi connectivity index (χ2n) is 6.61. The summed E-state index contributed by atoms with van der Waals surface area (Å²) < 4.78 is 5.04. The standard InChI is InChI=1S/C21H21N3O5/c1-14(23-29-19(25)16-9-11-18(28-3)12-10-16)13-21(27)15(2)22-24(20(21)26)17-7-5-4-6-8-17/h4-12,27H,13H2,1-3H3/b23-14+. The molecule has 0 saturated heterocycles. The lowest BCUT2D eigenvalue weighted by Gasteiger charge is -2.21. The molecule has 1 amide bonds. The number of hydrazone groups is 1. The Balaban J connectivity index is 1.68. The minimum absolute atomic E-state index is 0.152. The minimum atomic E-state index is -1.85. The van der Waals surface area contributed by atoms with E-state index in [1.54, 1.807) is 62.4 Å². The molecular formula is C21H21N3O5. The first-order valence-electron chi connectivity index (χ1n) is 8.91. The van der Waals surface area contributed by atoms with Gasteiger partial charge in [0.15, 0.2) is 5.60 Å². The summed E-state index contributed by atoms with van der Waals surface area (Å²) in [7, 11) is 1.53. The van der Waals surface area contributed by atoms with Gasteiger partial charge in [0.1, 0.15) is 5.75 Å². The fourth-order valence-corrected chi connectivity index (χ4v) is 2.86. The summed E-state index contributed by atoms with van der Waals surface area (Å²) in [6, 6.07) is 15.2. The molecule has 29 heavy (non-hydrogen) atoms. The summed E-state index contributed by atoms with van der Waals surface area (Å²) in [5, 5.41) is 20.0. The number of carbonyl (C=O) groups excluding carboxylic acids is 2. The molecule has 0 bridgehead atoms. The number of rotatable bonds is 6. The second-order valence-corrected chi connectivity index (χ2v) is 6.61. The smallest absolute Gasteiger partial charge is 0.365 e. The highest BCUT2D eigenvalue weighted by Crippen LogP contribution is 2.29. The maximum Gasteiger partial charge on any atom is 0.365 e. The number of ether oxygens (including phenoxy) is 1. The molecule has 0 fully saturated rings. The third-order valence-corrected chi connectivity index (χ3v) is 4.52. The van der Waals surface area contributed by atoms with E-state index < -0.39 is 17.5 Å². The number of amides is 1. The van der Waals surface area contributed by atoms with Crippen LogP contribution < -0.4 is 9.75 Å². The van der Waals surface area contributed by atoms with Crippen LogP contribution in [0.3, 0.4) is 0 Å². The summed E-state index contributed by atoms with van der Waals surface area (Å²) in [6.07, 6.45) is -0.152. The van der Waals surface area contributed by atoms with E-state index in [0.29, 0.717) is 17.0 Å². The van der Waals surface area contributed by atoms with E-state index in [1.807, 2.05) is 6.07 Å². The average molecular weight is 395 g/mol. The number of nitrogens with zero attached hydrogens (tertiary/aromatic N) is 3. The van der Waals surface area contributed by atoms with Crippen LogP contribution in [0.25, 0.3) is 0 Å². The summed E-state index contributed by atoms with van der Waals surface area (Å²) in [5.41, 5.74) is -0.496. The van der Waals surface area contributed by atoms with Gasteiger partial charge >= 0.3 is 5.97 Å². The average Bonchev–Trinajstić information content (AvgIpc) is 2.96. The van der Waals surface area contributed by atoms with E-state index in [2.05, 4.69) is 10.3 Å². The first kappa shape index (κ1) is 20.2. The van der Waals surface area contributed by atoms with E-state index in [4.69, 9.17) is 9.57 Å². The molecule has 0 radical (unpaired) electrons. The number of aliphatic hydroxyl groups is 1. The monoisotopic (exact) mass is 395 g/mol. The van der Waals surface area contributed by atoms with Gasteiger partial charge in [0.25, 0.3) is 5.91 Å². The molecular weight excluding hydrogens is 374 g/mol. The van der Waals surface area contributed by atoms with Crippen molar-refractivity contribution in [1.29, 1.82) is 0 Å². The first-order chi connectivity index (χ1) is 13.8. The maximum atomic E-state index is 12.8. The van der Waals surface area contributed by atoms with Gasteiger partial charge in [0.2, 0.25) is 0 Å². The number of methoxy groups -OCH3 is 1. The van der Waals surface area contributed by atoms with Gasteiger partial charge in [-0.1, -0.05) is 23.4 Å². The van der Waals surface area contributed by atoms with Crippen molar-refractivity contribution < 1.29 is 24.3 Å². The van der Waals surface area contributed by atoms with E-state index in [0.717, 1.165) is 5.01 Å². The molecule has 1 atom stereocenters. The van der Waals surface area contributed by atoms with E-state index >= 15 is 0 Å². The lowest BCUT2D eigenvalue weighted by atomic mass is 9.92. The van der Waals surface area contributed by atoms with Crippen LogP contribution in [0.1, 0.15) is 30.6 Å². The summed E-state index contributed by atoms with van der Waals surface area (Å²) in [5.74, 6) is -0.633. The van der Waals surface area contributed by atoms with Gasteiger partial charge < -0.3 is 14.7 Å². The van der Waals surface area contributed by atoms with Crippen molar-refractivity contribution in [2.45, 2.75) is 25.9 Å². The van der Waals surface area contributed by atoms with Crippen molar-refractivity contribution in [1.82, 2.24) is 0 Å². The Morgan fingerprint density at radius 3 is 2.45 bits per heavy atom. The molecule has 1 N–H and O–H groups in total. The maximum absolute atomic E-state index is 12.8. The zero-order chi connectivity index (χ0) is 21.0. The molecule has 0 spiro atoms. The molecule has 0 aliphatic carbocycles. The molecule has 150 valence electrons. The molecule has 2 aromatic rings. The van der Waals surface area contributed by atoms with Crippen LogP contribution in [0.2, 0.25) is 0 Å². The van der Waals surface area contributed by atoms with Crippen molar-refractivity contribution in [3.63, 3.8) is 0 Å². The lowest BCUT2D eigenvalue weighted by molar-refractivity contribution is -0.129. The molecule has 0 aromatic heterocycles. The van der Waals surface area contributed by atoms with Crippen molar-refractivity contribution in [2.75, 3.05) is 12.1 Å². The topological polar surface area (TPSA) is 101 Å². The SMILES string of the molecule is COc1ccc(C(=O)O/N=C(\C)CC2(O)C(=O)N(c3ccccc3)N=C2C)cc1. The molecule has 3 rings (SSSR count). The molecule has 1 aliphatic heterocycles. The van der Waals surface area contributed by atoms with Gasteiger partial charge in [-0.25, -0.2) is 4.79 Å². The fraction of sp³-hybridized carbons (Fsp3) is 0.238. The molecule has 8 heteroatoms. The van der Waals surface area contributed by atoms with Crippen LogP contribution in [0, 0.1) is 0 Å². The Morgan fingerprint density at radius 2 is 1.83 bits per heavy atom. The third-order valence-electron chi connectivity index (χ3n) is 4.52. The highest BCUT2D eigenvalue weighted by molar-refractivity contribution is 6.22. The zero-order valence-corrected chi connectivity index (χ0v) is 16.3. The van der Waals surface area contributed by atoms with Gasteiger partial charge in [-0.05, 0) is 50.2 Å². The predicted molar refractivity (Wildman–Crippen MR) is 108 cm³/mol. The molecule has 1 aliphatic rings. The van der Waals surface area contributed by atoms with Gasteiger partial charge in [0, 0.05) is 6.42 Å². The van der Waals surface area contributed by atoms with Crippen molar-refractivity contribution in [3.8, 4) is 5.75 Å². The van der Waals surface area contributed by atoms with Crippen molar-refractivity contribution >= 4 is 29.0 Å². The molecule has 1 heterocycles. The first-order valence-corrected chi connectivity index (χ1v) is 8.91. The number of para-hydroxylation sites is 1. The van der Waals surface area contributed by atoms with E-state index in [1.165, 1.54) is 7.11 Å². The Morgan fingerprint density at radius 1 is 1.17 bits per heavy atom. The molecule has 8 nitrogen and oxygen atoms in total. The van der Waals surface area contributed by atoms with Gasteiger partial charge in [-0.2, -0.15) is 10.1 Å². The van der Waals surface area contributed by atoms with Gasteiger partial charge in [-0.3, -0.25) is 4.79 Å². The molecule has 0 saturated carbocycles. The van der Waals surface area contributed by atoms with E-state index in [9.17, 15) is 14.7 Å². The number of hydrogen-bond donors (Lipinski definition) is 1. The summed E-state index contributed by atoms with van der Waals surface area (Å²) >= 11 is 0. The highest BCUT2D eigenvalue weighted by atomic mass is 16.7. The van der Waals surface area contributed by atoms with E-state index in [-0.39, 0.29) is 17.8 Å². The predicted octanol–water partition coefficient (Wildman–Crippen LogP) is 2.77. The van der Waals surface area contributed by atoms with Crippen molar-refractivity contribution in [3.05, 3.63) is 60.2 Å². The normalized spacial score (nSPS) is 19.2. The Kier molecular flexibility index (Phi) is 5.74. The summed E-state index contributed by atoms with van der Waals surface area (Å²) in [4.78, 5) is 29.8. The third kappa shape index (κ3) is 4.17. The quantitative estimate of drug-likeness (QED) is 0.460. The number of oxime groups is 1. The fourth-order valence-electron chi connectivity index (χ4n) is 2.86. The molecule has 2 aromatic carbocycles. The van der Waals surface area contributed by atoms with Crippen LogP contribution in [-0.2, 0) is 9.63 Å². The van der Waals surface area contributed by atoms with Crippen molar-refractivity contribution in [2.24, 2.45) is 10.3 Å². The Hall–Kier alpha value is -3.52. The lowest BCUT2D eigenvalue weighted by Crippen LogP contribution is -2.47. The van der Waals surface area contributed by atoms with Gasteiger partial charge in [0.05, 0.1) is 29.8 Å². The van der Waals surface area contributed by atoms with Crippen LogP contribution >= 0.6 is 0 Å². The number of benzene rings is 2. The van der Waals surface area contributed by atoms with Crippen LogP contribution in [-0.4, -0.2) is 41.1 Å². The minimum Gasteiger partial charge on any atom is -0.497 e. The number of carbonyl (C=O) groups is 2. The van der Waals surface area contributed by atoms with Crippen LogP contribution in [0.4, 0.5) is 5.69 Å². The Bertz CT molecular complexity index is 970. The second kappa shape index (κ2) is 8.24. The number of anilines is 1. The number of hydrogen-bond acceptors (Lipinski definition) is 7. The van der Waals surface area contributed by atoms with Gasteiger partial charge in [-0.15, -0.1) is 0 Å². The molecule has 1 unspecified atom stereocenters. The largest absolute Gasteiger partial charge is 0.497 e. The van der Waals surface area contributed by atoms with Crippen LogP contribution in [0.15, 0.2) is 64.9 Å².